The largest absolute Gasteiger partial charge is 0.480 e. The van der Waals surface area contributed by atoms with Crippen LogP contribution < -0.4 is 17.2 Å². The summed E-state index contributed by atoms with van der Waals surface area (Å²) in [5.41, 5.74) is 18.2. The Bertz CT molecular complexity index is 352. The van der Waals surface area contributed by atoms with Crippen LogP contribution in [-0.4, -0.2) is 17.1 Å². The van der Waals surface area contributed by atoms with Crippen molar-refractivity contribution in [1.82, 2.24) is 0 Å². The summed E-state index contributed by atoms with van der Waals surface area (Å²) in [7, 11) is 0. The minimum atomic E-state index is -1.04. The second kappa shape index (κ2) is 3.97. The Morgan fingerprint density at radius 2 is 2.07 bits per heavy atom. The molecule has 1 aromatic rings. The summed E-state index contributed by atoms with van der Waals surface area (Å²) in [5, 5.41) is 8.60. The van der Waals surface area contributed by atoms with E-state index in [9.17, 15) is 4.79 Å². The monoisotopic (exact) mass is 195 g/mol. The minimum Gasteiger partial charge on any atom is -0.480 e. The van der Waals surface area contributed by atoms with Crippen LogP contribution in [0.2, 0.25) is 0 Å². The van der Waals surface area contributed by atoms with Crippen molar-refractivity contribution in [2.75, 3.05) is 11.5 Å². The predicted molar refractivity (Wildman–Crippen MR) is 54.6 cm³/mol. The van der Waals surface area contributed by atoms with Crippen LogP contribution in [0.3, 0.4) is 0 Å². The van der Waals surface area contributed by atoms with E-state index >= 15 is 0 Å². The van der Waals surface area contributed by atoms with E-state index in [1.54, 1.807) is 18.2 Å². The van der Waals surface area contributed by atoms with E-state index in [0.29, 0.717) is 16.9 Å². The van der Waals surface area contributed by atoms with Crippen molar-refractivity contribution in [2.45, 2.75) is 12.5 Å². The summed E-state index contributed by atoms with van der Waals surface area (Å²) < 4.78 is 0. The fourth-order valence-corrected chi connectivity index (χ4v) is 1.12. The van der Waals surface area contributed by atoms with Gasteiger partial charge in [0.2, 0.25) is 0 Å². The average molecular weight is 195 g/mol. The lowest BCUT2D eigenvalue weighted by Gasteiger charge is -2.09. The topological polar surface area (TPSA) is 115 Å². The van der Waals surface area contributed by atoms with E-state index in [4.69, 9.17) is 22.3 Å². The van der Waals surface area contributed by atoms with Crippen LogP contribution in [0.1, 0.15) is 5.56 Å². The van der Waals surface area contributed by atoms with Crippen molar-refractivity contribution < 1.29 is 9.90 Å². The smallest absolute Gasteiger partial charge is 0.320 e. The third-order valence-electron chi connectivity index (χ3n) is 1.93. The molecule has 0 heterocycles. The molecule has 0 fully saturated rings. The molecule has 0 spiro atoms. The molecule has 1 atom stereocenters. The minimum absolute atomic E-state index is 0.210. The molecule has 0 aliphatic carbocycles. The molecule has 1 rings (SSSR count). The Morgan fingerprint density at radius 1 is 1.43 bits per heavy atom. The Labute approximate surface area is 81.5 Å². The molecule has 0 aromatic heterocycles. The van der Waals surface area contributed by atoms with E-state index in [2.05, 4.69) is 0 Å². The number of hydrogen-bond donors (Lipinski definition) is 4. The second-order valence-electron chi connectivity index (χ2n) is 3.11. The number of nitrogens with two attached hydrogens (primary N) is 3. The molecular formula is C9H13N3O2. The van der Waals surface area contributed by atoms with E-state index in [1.165, 1.54) is 0 Å². The Hall–Kier alpha value is -1.75. The number of carboxylic acid groups (broad SMARTS) is 1. The molecule has 0 saturated carbocycles. The molecule has 5 heteroatoms. The number of aliphatic carboxylic acids is 1. The Kier molecular flexibility index (Phi) is 2.93. The molecule has 0 aliphatic rings. The van der Waals surface area contributed by atoms with Crippen molar-refractivity contribution in [1.29, 1.82) is 0 Å². The maximum absolute atomic E-state index is 10.5. The first-order chi connectivity index (χ1) is 6.50. The van der Waals surface area contributed by atoms with Gasteiger partial charge in [-0.15, -0.1) is 0 Å². The maximum atomic E-state index is 10.5. The highest BCUT2D eigenvalue weighted by atomic mass is 16.4. The average Bonchev–Trinajstić information content (AvgIpc) is 2.09. The number of nitrogen functional groups attached to an aromatic ring is 2. The summed E-state index contributed by atoms with van der Waals surface area (Å²) >= 11 is 0. The van der Waals surface area contributed by atoms with Gasteiger partial charge >= 0.3 is 5.97 Å². The normalized spacial score (nSPS) is 12.4. The first-order valence-corrected chi connectivity index (χ1v) is 4.13. The number of rotatable bonds is 3. The zero-order chi connectivity index (χ0) is 10.7. The van der Waals surface area contributed by atoms with Gasteiger partial charge in [0.15, 0.2) is 0 Å². The number of anilines is 2. The molecule has 1 aromatic carbocycles. The van der Waals surface area contributed by atoms with Gasteiger partial charge in [-0.2, -0.15) is 0 Å². The van der Waals surface area contributed by atoms with Gasteiger partial charge in [0.05, 0.1) is 0 Å². The number of carbonyl (C=O) groups is 1. The van der Waals surface area contributed by atoms with E-state index in [0.717, 1.165) is 0 Å². The lowest BCUT2D eigenvalue weighted by Crippen LogP contribution is -2.32. The fraction of sp³-hybridized carbons (Fsp3) is 0.222. The molecule has 76 valence electrons. The van der Waals surface area contributed by atoms with Gasteiger partial charge in [-0.1, -0.05) is 6.07 Å². The molecule has 7 N–H and O–H groups in total. The molecule has 0 aliphatic heterocycles. The molecule has 1 unspecified atom stereocenters. The second-order valence-corrected chi connectivity index (χ2v) is 3.11. The summed E-state index contributed by atoms with van der Waals surface area (Å²) in [6.45, 7) is 0. The van der Waals surface area contributed by atoms with E-state index in [1.807, 2.05) is 0 Å². The summed E-state index contributed by atoms with van der Waals surface area (Å²) in [4.78, 5) is 10.5. The van der Waals surface area contributed by atoms with Gasteiger partial charge in [-0.05, 0) is 17.7 Å². The van der Waals surface area contributed by atoms with Gasteiger partial charge in [0.1, 0.15) is 6.04 Å². The quantitative estimate of drug-likeness (QED) is 0.499. The third-order valence-corrected chi connectivity index (χ3v) is 1.93. The molecule has 14 heavy (non-hydrogen) atoms. The van der Waals surface area contributed by atoms with Crippen molar-refractivity contribution >= 4 is 17.3 Å². The van der Waals surface area contributed by atoms with Crippen LogP contribution in [0, 0.1) is 0 Å². The number of benzene rings is 1. The molecule has 0 radical (unpaired) electrons. The highest BCUT2D eigenvalue weighted by molar-refractivity contribution is 5.74. The first-order valence-electron chi connectivity index (χ1n) is 4.13. The lowest BCUT2D eigenvalue weighted by molar-refractivity contribution is -0.138. The fourth-order valence-electron chi connectivity index (χ4n) is 1.12. The standard InChI is InChI=1S/C9H13N3O2/c10-6-2-1-5(7(11)4-6)3-8(12)9(13)14/h1-2,4,8H,3,10-12H2,(H,13,14). The van der Waals surface area contributed by atoms with Gasteiger partial charge in [0.25, 0.3) is 0 Å². The van der Waals surface area contributed by atoms with Crippen LogP contribution in [0.15, 0.2) is 18.2 Å². The summed E-state index contributed by atoms with van der Waals surface area (Å²) in [6.07, 6.45) is 0.210. The molecule has 0 saturated heterocycles. The SMILES string of the molecule is Nc1ccc(CC(N)C(=O)O)c(N)c1. The summed E-state index contributed by atoms with van der Waals surface area (Å²) in [6, 6.07) is 4.01. The summed E-state index contributed by atoms with van der Waals surface area (Å²) in [5.74, 6) is -1.04. The van der Waals surface area contributed by atoms with Crippen LogP contribution in [0.5, 0.6) is 0 Å². The molecular weight excluding hydrogens is 182 g/mol. The van der Waals surface area contributed by atoms with Gasteiger partial charge in [-0.25, -0.2) is 0 Å². The van der Waals surface area contributed by atoms with Gasteiger partial charge < -0.3 is 22.3 Å². The van der Waals surface area contributed by atoms with Crippen LogP contribution >= 0.6 is 0 Å². The van der Waals surface area contributed by atoms with Crippen LogP contribution in [-0.2, 0) is 11.2 Å². The van der Waals surface area contributed by atoms with Gasteiger partial charge in [-0.3, -0.25) is 4.79 Å². The third kappa shape index (κ3) is 2.37. The Balaban J connectivity index is 2.82. The van der Waals surface area contributed by atoms with Crippen LogP contribution in [0.4, 0.5) is 11.4 Å². The molecule has 0 amide bonds. The highest BCUT2D eigenvalue weighted by Gasteiger charge is 2.13. The maximum Gasteiger partial charge on any atom is 0.320 e. The lowest BCUT2D eigenvalue weighted by atomic mass is 10.0. The van der Waals surface area contributed by atoms with Crippen LogP contribution in [0.25, 0.3) is 0 Å². The van der Waals surface area contributed by atoms with Gasteiger partial charge in [0, 0.05) is 17.8 Å². The van der Waals surface area contributed by atoms with E-state index in [-0.39, 0.29) is 6.42 Å². The highest BCUT2D eigenvalue weighted by Crippen LogP contribution is 2.16. The van der Waals surface area contributed by atoms with Crippen molar-refractivity contribution in [3.63, 3.8) is 0 Å². The van der Waals surface area contributed by atoms with Crippen molar-refractivity contribution in [3.05, 3.63) is 23.8 Å². The Morgan fingerprint density at radius 3 is 2.57 bits per heavy atom. The predicted octanol–water partition coefficient (Wildman–Crippen LogP) is -0.195. The zero-order valence-electron chi connectivity index (χ0n) is 7.60. The number of carboxylic acids is 1. The number of hydrogen-bond acceptors (Lipinski definition) is 4. The van der Waals surface area contributed by atoms with Crippen molar-refractivity contribution in [2.24, 2.45) is 5.73 Å². The zero-order valence-corrected chi connectivity index (χ0v) is 7.60. The molecule has 5 nitrogen and oxygen atoms in total. The van der Waals surface area contributed by atoms with E-state index < -0.39 is 12.0 Å². The first kappa shape index (κ1) is 10.3. The molecule has 0 bridgehead atoms. The van der Waals surface area contributed by atoms with Crippen molar-refractivity contribution in [3.8, 4) is 0 Å².